The minimum Gasteiger partial charge on any atom is -0.353 e. The summed E-state index contributed by atoms with van der Waals surface area (Å²) in [5.74, 6) is 0.439. The Bertz CT molecular complexity index is 460. The SMILES string of the molecule is CCCC(NCC)c1ccn(CCS(=O)(=O)CC)c1. The van der Waals surface area contributed by atoms with E-state index in [4.69, 9.17) is 0 Å². The summed E-state index contributed by atoms with van der Waals surface area (Å²) in [6.45, 7) is 7.46. The maximum absolute atomic E-state index is 11.5. The van der Waals surface area contributed by atoms with Crippen LogP contribution in [-0.2, 0) is 16.4 Å². The molecule has 19 heavy (non-hydrogen) atoms. The highest BCUT2D eigenvalue weighted by Crippen LogP contribution is 2.18. The van der Waals surface area contributed by atoms with Crippen molar-refractivity contribution in [1.29, 1.82) is 0 Å². The number of aryl methyl sites for hydroxylation is 1. The Balaban J connectivity index is 2.65. The standard InChI is InChI=1S/C14H26N2O2S/c1-4-7-14(15-5-2)13-8-9-16(12-13)10-11-19(17,18)6-3/h8-9,12,14-15H,4-7,10-11H2,1-3H3. The Morgan fingerprint density at radius 2 is 2.05 bits per heavy atom. The molecule has 0 aliphatic heterocycles. The van der Waals surface area contributed by atoms with Crippen molar-refractivity contribution in [3.63, 3.8) is 0 Å². The van der Waals surface area contributed by atoms with Crippen LogP contribution < -0.4 is 5.32 Å². The number of hydrogen-bond acceptors (Lipinski definition) is 3. The topological polar surface area (TPSA) is 51.1 Å². The molecule has 0 saturated carbocycles. The molecule has 110 valence electrons. The summed E-state index contributed by atoms with van der Waals surface area (Å²) in [5.41, 5.74) is 1.25. The van der Waals surface area contributed by atoms with Crippen LogP contribution in [0.4, 0.5) is 0 Å². The molecule has 1 aromatic heterocycles. The maximum Gasteiger partial charge on any atom is 0.151 e. The molecular formula is C14H26N2O2S. The Morgan fingerprint density at radius 1 is 1.32 bits per heavy atom. The predicted octanol–water partition coefficient (Wildman–Crippen LogP) is 2.37. The van der Waals surface area contributed by atoms with Crippen molar-refractivity contribution in [2.45, 2.75) is 46.2 Å². The summed E-state index contributed by atoms with van der Waals surface area (Å²) in [6.07, 6.45) is 6.27. The molecule has 0 fully saturated rings. The van der Waals surface area contributed by atoms with Gasteiger partial charge in [0.1, 0.15) is 0 Å². The van der Waals surface area contributed by atoms with Gasteiger partial charge in [-0.15, -0.1) is 0 Å². The van der Waals surface area contributed by atoms with Gasteiger partial charge in [0, 0.05) is 30.7 Å². The molecule has 0 aliphatic carbocycles. The van der Waals surface area contributed by atoms with E-state index >= 15 is 0 Å². The van der Waals surface area contributed by atoms with Gasteiger partial charge in [0.2, 0.25) is 0 Å². The lowest BCUT2D eigenvalue weighted by atomic mass is 10.1. The molecule has 1 aromatic rings. The van der Waals surface area contributed by atoms with Crippen molar-refractivity contribution >= 4 is 9.84 Å². The van der Waals surface area contributed by atoms with Crippen LogP contribution in [0.2, 0.25) is 0 Å². The minimum absolute atomic E-state index is 0.219. The molecule has 4 nitrogen and oxygen atoms in total. The first-order valence-electron chi connectivity index (χ1n) is 7.11. The highest BCUT2D eigenvalue weighted by molar-refractivity contribution is 7.91. The Labute approximate surface area is 117 Å². The summed E-state index contributed by atoms with van der Waals surface area (Å²) >= 11 is 0. The number of hydrogen-bond donors (Lipinski definition) is 1. The number of sulfone groups is 1. The highest BCUT2D eigenvalue weighted by atomic mass is 32.2. The van der Waals surface area contributed by atoms with E-state index < -0.39 is 9.84 Å². The van der Waals surface area contributed by atoms with Gasteiger partial charge in [0.05, 0.1) is 5.75 Å². The second-order valence-electron chi connectivity index (χ2n) is 4.82. The fourth-order valence-electron chi connectivity index (χ4n) is 2.12. The van der Waals surface area contributed by atoms with Crippen LogP contribution in [0.3, 0.4) is 0 Å². The molecule has 0 spiro atoms. The second-order valence-corrected chi connectivity index (χ2v) is 7.29. The monoisotopic (exact) mass is 286 g/mol. The molecule has 1 atom stereocenters. The highest BCUT2D eigenvalue weighted by Gasteiger charge is 2.12. The number of aromatic nitrogens is 1. The minimum atomic E-state index is -2.89. The van der Waals surface area contributed by atoms with Crippen LogP contribution >= 0.6 is 0 Å². The van der Waals surface area contributed by atoms with Crippen molar-refractivity contribution in [2.24, 2.45) is 0 Å². The van der Waals surface area contributed by atoms with Crippen LogP contribution in [-0.4, -0.2) is 31.0 Å². The number of nitrogens with one attached hydrogen (secondary N) is 1. The molecule has 5 heteroatoms. The van der Waals surface area contributed by atoms with Crippen molar-refractivity contribution in [3.05, 3.63) is 24.0 Å². The van der Waals surface area contributed by atoms with Crippen LogP contribution in [0.15, 0.2) is 18.5 Å². The lowest BCUT2D eigenvalue weighted by Gasteiger charge is -2.15. The van der Waals surface area contributed by atoms with Gasteiger partial charge < -0.3 is 9.88 Å². The van der Waals surface area contributed by atoms with E-state index in [0.717, 1.165) is 19.4 Å². The molecule has 0 saturated heterocycles. The summed E-state index contributed by atoms with van der Waals surface area (Å²) in [5, 5.41) is 3.47. The Hall–Kier alpha value is -0.810. The van der Waals surface area contributed by atoms with Gasteiger partial charge in [0.25, 0.3) is 0 Å². The van der Waals surface area contributed by atoms with Gasteiger partial charge in [-0.2, -0.15) is 0 Å². The zero-order valence-electron chi connectivity index (χ0n) is 12.2. The lowest BCUT2D eigenvalue weighted by molar-refractivity contribution is 0.508. The van der Waals surface area contributed by atoms with E-state index in [0.29, 0.717) is 12.6 Å². The number of rotatable bonds is 9. The van der Waals surface area contributed by atoms with Crippen molar-refractivity contribution in [2.75, 3.05) is 18.1 Å². The van der Waals surface area contributed by atoms with E-state index in [1.54, 1.807) is 6.92 Å². The molecule has 0 bridgehead atoms. The predicted molar refractivity (Wildman–Crippen MR) is 80.1 cm³/mol. The average molecular weight is 286 g/mol. The molecule has 0 radical (unpaired) electrons. The van der Waals surface area contributed by atoms with Gasteiger partial charge in [0.15, 0.2) is 9.84 Å². The third-order valence-electron chi connectivity index (χ3n) is 3.30. The van der Waals surface area contributed by atoms with E-state index in [-0.39, 0.29) is 11.5 Å². The maximum atomic E-state index is 11.5. The van der Waals surface area contributed by atoms with Crippen molar-refractivity contribution in [1.82, 2.24) is 9.88 Å². The van der Waals surface area contributed by atoms with Gasteiger partial charge in [-0.1, -0.05) is 27.2 Å². The fourth-order valence-corrected chi connectivity index (χ4v) is 2.89. The quantitative estimate of drug-likeness (QED) is 0.758. The van der Waals surface area contributed by atoms with Crippen LogP contribution in [0.5, 0.6) is 0 Å². The van der Waals surface area contributed by atoms with Gasteiger partial charge in [-0.25, -0.2) is 8.42 Å². The first-order valence-corrected chi connectivity index (χ1v) is 8.94. The summed E-state index contributed by atoms with van der Waals surface area (Å²) in [4.78, 5) is 0. The zero-order valence-corrected chi connectivity index (χ0v) is 13.0. The van der Waals surface area contributed by atoms with Crippen molar-refractivity contribution in [3.8, 4) is 0 Å². The summed E-state index contributed by atoms with van der Waals surface area (Å²) in [6, 6.07) is 2.46. The van der Waals surface area contributed by atoms with Crippen LogP contribution in [0, 0.1) is 0 Å². The fraction of sp³-hybridized carbons (Fsp3) is 0.714. The Morgan fingerprint density at radius 3 is 2.63 bits per heavy atom. The van der Waals surface area contributed by atoms with E-state index in [1.165, 1.54) is 5.56 Å². The van der Waals surface area contributed by atoms with Crippen molar-refractivity contribution < 1.29 is 8.42 Å². The molecule has 1 unspecified atom stereocenters. The zero-order chi connectivity index (χ0) is 14.3. The van der Waals surface area contributed by atoms with Crippen LogP contribution in [0.25, 0.3) is 0 Å². The Kier molecular flexibility index (Phi) is 6.58. The van der Waals surface area contributed by atoms with Gasteiger partial charge in [-0.05, 0) is 24.6 Å². The van der Waals surface area contributed by atoms with Gasteiger partial charge in [-0.3, -0.25) is 0 Å². The largest absolute Gasteiger partial charge is 0.353 e. The first-order chi connectivity index (χ1) is 9.02. The van der Waals surface area contributed by atoms with E-state index in [9.17, 15) is 8.42 Å². The normalized spacial score (nSPS) is 13.6. The molecular weight excluding hydrogens is 260 g/mol. The summed E-state index contributed by atoms with van der Waals surface area (Å²) in [7, 11) is -2.89. The molecule has 0 amide bonds. The molecule has 1 N–H and O–H groups in total. The third kappa shape index (κ3) is 5.37. The molecule has 0 aliphatic rings. The first kappa shape index (κ1) is 16.2. The average Bonchev–Trinajstić information content (AvgIpc) is 2.85. The second kappa shape index (κ2) is 7.70. The third-order valence-corrected chi connectivity index (χ3v) is 4.99. The molecule has 0 aromatic carbocycles. The molecule has 1 rings (SSSR count). The van der Waals surface area contributed by atoms with E-state index in [2.05, 4.69) is 31.4 Å². The lowest BCUT2D eigenvalue weighted by Crippen LogP contribution is -2.20. The van der Waals surface area contributed by atoms with Crippen LogP contribution in [0.1, 0.15) is 45.2 Å². The number of nitrogens with zero attached hydrogens (tertiary/aromatic N) is 1. The van der Waals surface area contributed by atoms with Gasteiger partial charge >= 0.3 is 0 Å². The van der Waals surface area contributed by atoms with E-state index in [1.807, 2.05) is 10.8 Å². The smallest absolute Gasteiger partial charge is 0.151 e. The summed E-state index contributed by atoms with van der Waals surface area (Å²) < 4.78 is 25.0. The molecule has 1 heterocycles.